The van der Waals surface area contributed by atoms with Gasteiger partial charge in [-0.1, -0.05) is 35.9 Å². The van der Waals surface area contributed by atoms with Crippen LogP contribution >= 0.6 is 11.6 Å². The van der Waals surface area contributed by atoms with Gasteiger partial charge >= 0.3 is 5.97 Å². The molecule has 1 atom stereocenters. The molecular weight excluding hydrogens is 392 g/mol. The molecule has 29 heavy (non-hydrogen) atoms. The van der Waals surface area contributed by atoms with E-state index in [0.717, 1.165) is 16.9 Å². The minimum Gasteiger partial charge on any atom is -0.489 e. The molecule has 0 fully saturated rings. The van der Waals surface area contributed by atoms with Gasteiger partial charge in [0.1, 0.15) is 24.7 Å². The van der Waals surface area contributed by atoms with Crippen molar-refractivity contribution in [3.63, 3.8) is 0 Å². The molecule has 1 unspecified atom stereocenters. The highest BCUT2D eigenvalue weighted by atomic mass is 35.5. The zero-order valence-electron chi connectivity index (χ0n) is 15.9. The SMILES string of the molecule is COC(=O)C1=C(C)Nc2ncnn2C1c1ccc(OCc2ccc(Cl)cc2)cc1. The fourth-order valence-corrected chi connectivity index (χ4v) is 3.39. The Bertz CT molecular complexity index is 1060. The van der Waals surface area contributed by atoms with Crippen molar-refractivity contribution in [3.05, 3.63) is 82.3 Å². The second-order valence-electron chi connectivity index (χ2n) is 6.57. The van der Waals surface area contributed by atoms with Crippen LogP contribution in [-0.4, -0.2) is 27.8 Å². The van der Waals surface area contributed by atoms with Gasteiger partial charge in [0, 0.05) is 10.7 Å². The fraction of sp³-hybridized carbons (Fsp3) is 0.190. The summed E-state index contributed by atoms with van der Waals surface area (Å²) in [5, 5.41) is 8.07. The maximum atomic E-state index is 12.4. The van der Waals surface area contributed by atoms with Crippen molar-refractivity contribution < 1.29 is 14.3 Å². The lowest BCUT2D eigenvalue weighted by Crippen LogP contribution is -2.29. The average Bonchev–Trinajstić information content (AvgIpc) is 3.20. The molecule has 4 rings (SSSR count). The van der Waals surface area contributed by atoms with Gasteiger partial charge in [-0.15, -0.1) is 0 Å². The molecule has 0 aliphatic carbocycles. The monoisotopic (exact) mass is 410 g/mol. The van der Waals surface area contributed by atoms with E-state index in [2.05, 4.69) is 15.4 Å². The molecule has 148 valence electrons. The first-order chi connectivity index (χ1) is 14.1. The molecule has 1 N–H and O–H groups in total. The third kappa shape index (κ3) is 3.82. The van der Waals surface area contributed by atoms with Crippen molar-refractivity contribution in [2.45, 2.75) is 19.6 Å². The number of benzene rings is 2. The first kappa shape index (κ1) is 19.0. The number of halogens is 1. The molecule has 3 aromatic rings. The molecule has 2 heterocycles. The molecule has 7 nitrogen and oxygen atoms in total. The maximum Gasteiger partial charge on any atom is 0.338 e. The predicted molar refractivity (Wildman–Crippen MR) is 109 cm³/mol. The van der Waals surface area contributed by atoms with E-state index in [0.29, 0.717) is 28.8 Å². The zero-order valence-corrected chi connectivity index (χ0v) is 16.7. The molecule has 0 bridgehead atoms. The normalized spacial score (nSPS) is 15.5. The van der Waals surface area contributed by atoms with Crippen molar-refractivity contribution in [2.24, 2.45) is 0 Å². The van der Waals surface area contributed by atoms with Crippen LogP contribution in [0.4, 0.5) is 5.95 Å². The Morgan fingerprint density at radius 3 is 2.59 bits per heavy atom. The van der Waals surface area contributed by atoms with E-state index in [1.54, 1.807) is 4.68 Å². The highest BCUT2D eigenvalue weighted by molar-refractivity contribution is 6.30. The number of rotatable bonds is 5. The molecule has 1 aliphatic heterocycles. The van der Waals surface area contributed by atoms with Gasteiger partial charge in [0.2, 0.25) is 5.95 Å². The number of carbonyl (C=O) groups is 1. The lowest BCUT2D eigenvalue weighted by atomic mass is 9.96. The largest absolute Gasteiger partial charge is 0.489 e. The van der Waals surface area contributed by atoms with E-state index in [1.165, 1.54) is 13.4 Å². The van der Waals surface area contributed by atoms with Crippen molar-refractivity contribution in [1.29, 1.82) is 0 Å². The predicted octanol–water partition coefficient (Wildman–Crippen LogP) is 3.97. The number of hydrogen-bond acceptors (Lipinski definition) is 6. The molecule has 0 amide bonds. The molecule has 0 spiro atoms. The Morgan fingerprint density at radius 1 is 1.17 bits per heavy atom. The summed E-state index contributed by atoms with van der Waals surface area (Å²) in [6.07, 6.45) is 1.45. The van der Waals surface area contributed by atoms with Crippen LogP contribution in [0, 0.1) is 0 Å². The second-order valence-corrected chi connectivity index (χ2v) is 7.01. The summed E-state index contributed by atoms with van der Waals surface area (Å²) in [7, 11) is 1.37. The van der Waals surface area contributed by atoms with Crippen LogP contribution in [-0.2, 0) is 16.1 Å². The lowest BCUT2D eigenvalue weighted by Gasteiger charge is -2.28. The minimum absolute atomic E-state index is 0.413. The smallest absolute Gasteiger partial charge is 0.338 e. The number of nitrogens with one attached hydrogen (secondary N) is 1. The number of carbonyl (C=O) groups excluding carboxylic acids is 1. The number of allylic oxidation sites excluding steroid dienone is 1. The Balaban J connectivity index is 1.58. The number of esters is 1. The summed E-state index contributed by atoms with van der Waals surface area (Å²) < 4.78 is 12.5. The van der Waals surface area contributed by atoms with Gasteiger partial charge < -0.3 is 14.8 Å². The lowest BCUT2D eigenvalue weighted by molar-refractivity contribution is -0.136. The number of anilines is 1. The summed E-state index contributed by atoms with van der Waals surface area (Å²) in [6.45, 7) is 2.25. The number of ether oxygens (including phenoxy) is 2. The first-order valence-corrected chi connectivity index (χ1v) is 9.37. The summed E-state index contributed by atoms with van der Waals surface area (Å²) in [4.78, 5) is 16.6. The minimum atomic E-state index is -0.438. The third-order valence-electron chi connectivity index (χ3n) is 4.71. The molecule has 0 radical (unpaired) electrons. The molecule has 1 aromatic heterocycles. The highest BCUT2D eigenvalue weighted by Crippen LogP contribution is 2.35. The number of nitrogens with zero attached hydrogens (tertiary/aromatic N) is 3. The summed E-state index contributed by atoms with van der Waals surface area (Å²) in [6, 6.07) is 14.6. The molecular formula is C21H19ClN4O3. The molecule has 0 saturated heterocycles. The third-order valence-corrected chi connectivity index (χ3v) is 4.97. The van der Waals surface area contributed by atoms with Crippen molar-refractivity contribution >= 4 is 23.5 Å². The number of hydrogen-bond donors (Lipinski definition) is 1. The molecule has 1 aliphatic rings. The van der Waals surface area contributed by atoms with Gasteiger partial charge in [-0.25, -0.2) is 9.48 Å². The quantitative estimate of drug-likeness (QED) is 0.641. The summed E-state index contributed by atoms with van der Waals surface area (Å²) >= 11 is 5.91. The number of fused-ring (bicyclic) bond motifs is 1. The van der Waals surface area contributed by atoms with E-state index in [-0.39, 0.29) is 0 Å². The van der Waals surface area contributed by atoms with E-state index >= 15 is 0 Å². The second kappa shape index (κ2) is 7.97. The highest BCUT2D eigenvalue weighted by Gasteiger charge is 2.33. The maximum absolute atomic E-state index is 12.4. The van der Waals surface area contributed by atoms with E-state index in [4.69, 9.17) is 21.1 Å². The number of aromatic nitrogens is 3. The van der Waals surface area contributed by atoms with E-state index in [9.17, 15) is 4.79 Å². The molecule has 2 aromatic carbocycles. The van der Waals surface area contributed by atoms with E-state index < -0.39 is 12.0 Å². The standard InChI is InChI=1S/C21H19ClN4O3/c1-13-18(20(27)28-2)19(26-21(25-13)23-12-24-26)15-5-9-17(10-6-15)29-11-14-3-7-16(22)8-4-14/h3-10,12,19H,11H2,1-2H3,(H,23,24,25). The zero-order chi connectivity index (χ0) is 20.4. The van der Waals surface area contributed by atoms with Gasteiger partial charge in [0.05, 0.1) is 12.7 Å². The van der Waals surface area contributed by atoms with Crippen LogP contribution < -0.4 is 10.1 Å². The first-order valence-electron chi connectivity index (χ1n) is 8.99. The Morgan fingerprint density at radius 2 is 1.90 bits per heavy atom. The van der Waals surface area contributed by atoms with Crippen molar-refractivity contribution in [1.82, 2.24) is 14.8 Å². The van der Waals surface area contributed by atoms with E-state index in [1.807, 2.05) is 55.5 Å². The topological polar surface area (TPSA) is 78.3 Å². The Labute approximate surface area is 172 Å². The molecule has 8 heteroatoms. The van der Waals surface area contributed by atoms with Crippen LogP contribution in [0.1, 0.15) is 24.1 Å². The van der Waals surface area contributed by atoms with Gasteiger partial charge in [0.15, 0.2) is 0 Å². The summed E-state index contributed by atoms with van der Waals surface area (Å²) in [5.41, 5.74) is 3.07. The fourth-order valence-electron chi connectivity index (χ4n) is 3.27. The van der Waals surface area contributed by atoms with Crippen LogP contribution in [0.15, 0.2) is 66.1 Å². The van der Waals surface area contributed by atoms with Crippen LogP contribution in [0.25, 0.3) is 0 Å². The van der Waals surface area contributed by atoms with Gasteiger partial charge in [0.25, 0.3) is 0 Å². The Kier molecular flexibility index (Phi) is 5.22. The van der Waals surface area contributed by atoms with Crippen molar-refractivity contribution in [2.75, 3.05) is 12.4 Å². The van der Waals surface area contributed by atoms with Crippen LogP contribution in [0.3, 0.4) is 0 Å². The van der Waals surface area contributed by atoms with Crippen LogP contribution in [0.2, 0.25) is 5.02 Å². The van der Waals surface area contributed by atoms with Gasteiger partial charge in [-0.3, -0.25) is 0 Å². The summed E-state index contributed by atoms with van der Waals surface area (Å²) in [5.74, 6) is 0.879. The molecule has 0 saturated carbocycles. The van der Waals surface area contributed by atoms with Gasteiger partial charge in [-0.05, 0) is 42.3 Å². The van der Waals surface area contributed by atoms with Crippen molar-refractivity contribution in [3.8, 4) is 5.75 Å². The van der Waals surface area contributed by atoms with Crippen LogP contribution in [0.5, 0.6) is 5.75 Å². The average molecular weight is 411 g/mol. The number of methoxy groups -OCH3 is 1. The Hall–Kier alpha value is -3.32. The van der Waals surface area contributed by atoms with Gasteiger partial charge in [-0.2, -0.15) is 10.1 Å².